The van der Waals surface area contributed by atoms with Crippen molar-refractivity contribution in [2.45, 2.75) is 0 Å². The maximum Gasteiger partial charge on any atom is 0.0477 e. The van der Waals surface area contributed by atoms with E-state index >= 15 is 0 Å². The van der Waals surface area contributed by atoms with Gasteiger partial charge in [-0.05, 0) is 283 Å². The van der Waals surface area contributed by atoms with Gasteiger partial charge in [0.2, 0.25) is 0 Å². The van der Waals surface area contributed by atoms with E-state index in [4.69, 9.17) is 77.1 Å². The molecule has 0 bridgehead atoms. The van der Waals surface area contributed by atoms with Crippen LogP contribution in [0.3, 0.4) is 0 Å². The van der Waals surface area contributed by atoms with Crippen LogP contribution in [0.4, 0.5) is 0 Å². The predicted octanol–water partition coefficient (Wildman–Crippen LogP) is 30.1. The normalized spacial score (nSPS) is 10.6. The molecule has 0 amide bonds. The standard InChI is InChI=1S/2C66H36/c1-7-43-34-35-49(38-46(43)10-4)65-60-28-15-17-30-62(60)66(63-31-18-16-29-61(63)65)64-37-36-57(58-26-13-14-27-59(58)64)48-25-19-24-47(39-48)50-40-51(55-32-20-22-44(8-2)53(55)11-5)42-52(41-50)56-33-21-23-45(9-3)54(56)12-6;1-7-43-34-35-50(40-46(43)10-4)65-59-28-15-17-30-61(59)66(62-31-18-16-29-60(62)65)63-39-38-54(56-26-13-14-27-57(56)63)47-24-19-25-48(41-47)64-42-49(53-32-20-22-44(8-2)51(53)11-5)36-37-58(64)55-33-21-23-45(9-3)52(55)12-6/h2*1-6,13-42H. The van der Waals surface area contributed by atoms with E-state index in [2.05, 4.69) is 338 Å². The smallest absolute Gasteiger partial charge is 0.0477 e. The molecule has 0 unspecified atom stereocenters. The van der Waals surface area contributed by atoms with Crippen LogP contribution >= 0.6 is 0 Å². The van der Waals surface area contributed by atoms with Crippen LogP contribution in [-0.2, 0) is 0 Å². The molecule has 0 fully saturated rings. The molecular formula is C132H72. The van der Waals surface area contributed by atoms with Crippen LogP contribution in [-0.4, -0.2) is 0 Å². The third-order valence-electron chi connectivity index (χ3n) is 25.1. The molecule has 0 saturated heterocycles. The minimum absolute atomic E-state index is 0.656. The predicted molar refractivity (Wildman–Crippen MR) is 558 cm³/mol. The summed E-state index contributed by atoms with van der Waals surface area (Å²) in [5, 5.41) is 13.6. The van der Waals surface area contributed by atoms with E-state index in [1.54, 1.807) is 0 Å². The quantitative estimate of drug-likeness (QED) is 0.0845. The fourth-order valence-electron chi connectivity index (χ4n) is 19.2. The lowest BCUT2D eigenvalue weighted by molar-refractivity contribution is 1.51. The number of rotatable bonds is 12. The summed E-state index contributed by atoms with van der Waals surface area (Å²) >= 11 is 0. The van der Waals surface area contributed by atoms with E-state index < -0.39 is 0 Å². The van der Waals surface area contributed by atoms with Crippen molar-refractivity contribution >= 4 is 64.6 Å². The minimum Gasteiger partial charge on any atom is -0.115 e. The number of fused-ring (bicyclic) bond motifs is 6. The van der Waals surface area contributed by atoms with Crippen molar-refractivity contribution in [2.24, 2.45) is 0 Å². The lowest BCUT2D eigenvalue weighted by atomic mass is 9.83. The van der Waals surface area contributed by atoms with E-state index in [0.29, 0.717) is 66.8 Å². The van der Waals surface area contributed by atoms with Crippen molar-refractivity contribution in [3.63, 3.8) is 0 Å². The first-order chi connectivity index (χ1) is 65.0. The molecule has 600 valence electrons. The van der Waals surface area contributed by atoms with Crippen LogP contribution in [0, 0.1) is 148 Å². The van der Waals surface area contributed by atoms with Crippen LogP contribution in [0.15, 0.2) is 364 Å². The first-order valence-corrected chi connectivity index (χ1v) is 42.8. The van der Waals surface area contributed by atoms with Crippen molar-refractivity contribution in [1.82, 2.24) is 0 Å². The molecule has 0 N–H and O–H groups in total. The molecule has 0 radical (unpaired) electrons. The summed E-state index contributed by atoms with van der Waals surface area (Å²) in [7, 11) is 0. The van der Waals surface area contributed by atoms with Gasteiger partial charge in [0.05, 0.1) is 0 Å². The molecule has 0 saturated carbocycles. The molecular weight excluding hydrogens is 1590 g/mol. The molecule has 0 aromatic heterocycles. The highest BCUT2D eigenvalue weighted by molar-refractivity contribution is 6.26. The Morgan fingerprint density at radius 3 is 0.720 bits per heavy atom. The van der Waals surface area contributed by atoms with Crippen molar-refractivity contribution in [1.29, 1.82) is 0 Å². The van der Waals surface area contributed by atoms with Gasteiger partial charge < -0.3 is 0 Å². The summed E-state index contributed by atoms with van der Waals surface area (Å²) in [5.74, 6) is 33.6. The second kappa shape index (κ2) is 35.4. The van der Waals surface area contributed by atoms with Crippen LogP contribution < -0.4 is 0 Å². The topological polar surface area (TPSA) is 0 Å². The largest absolute Gasteiger partial charge is 0.115 e. The van der Waals surface area contributed by atoms with Crippen molar-refractivity contribution in [3.8, 4) is 282 Å². The number of benzene rings is 20. The Morgan fingerprint density at radius 1 is 0.114 bits per heavy atom. The van der Waals surface area contributed by atoms with Gasteiger partial charge in [0.15, 0.2) is 0 Å². The third kappa shape index (κ3) is 14.4. The average Bonchev–Trinajstić information content (AvgIpc) is 0.726. The van der Waals surface area contributed by atoms with Crippen molar-refractivity contribution < 1.29 is 0 Å². The van der Waals surface area contributed by atoms with E-state index in [-0.39, 0.29) is 0 Å². The molecule has 0 heteroatoms. The molecule has 20 aromatic rings. The van der Waals surface area contributed by atoms with Gasteiger partial charge in [0.25, 0.3) is 0 Å². The van der Waals surface area contributed by atoms with Crippen molar-refractivity contribution in [3.05, 3.63) is 431 Å². The van der Waals surface area contributed by atoms with E-state index in [0.717, 1.165) is 187 Å². The van der Waals surface area contributed by atoms with Gasteiger partial charge in [0, 0.05) is 66.8 Å². The molecule has 0 heterocycles. The molecule has 0 aliphatic rings. The fraction of sp³-hybridized carbons (Fsp3) is 0. The lowest BCUT2D eigenvalue weighted by Crippen LogP contribution is -1.95. The zero-order chi connectivity index (χ0) is 90.6. The molecule has 132 heavy (non-hydrogen) atoms. The van der Waals surface area contributed by atoms with Gasteiger partial charge in [-0.2, -0.15) is 0 Å². The van der Waals surface area contributed by atoms with Gasteiger partial charge in [-0.1, -0.05) is 350 Å². The summed E-state index contributed by atoms with van der Waals surface area (Å²) < 4.78 is 0. The highest BCUT2D eigenvalue weighted by atomic mass is 14.3. The summed E-state index contributed by atoms with van der Waals surface area (Å²) in [5.41, 5.74) is 32.5. The molecule has 0 aliphatic heterocycles. The first kappa shape index (κ1) is 82.3. The minimum atomic E-state index is 0.656. The molecule has 20 aromatic carbocycles. The number of terminal acetylenes is 12. The van der Waals surface area contributed by atoms with E-state index in [1.165, 1.54) is 11.1 Å². The van der Waals surface area contributed by atoms with Gasteiger partial charge in [-0.15, -0.1) is 77.1 Å². The van der Waals surface area contributed by atoms with Crippen LogP contribution in [0.1, 0.15) is 66.8 Å². The zero-order valence-corrected chi connectivity index (χ0v) is 71.6. The van der Waals surface area contributed by atoms with Gasteiger partial charge in [-0.25, -0.2) is 0 Å². The molecule has 0 atom stereocenters. The summed E-state index contributed by atoms with van der Waals surface area (Å²) in [6.45, 7) is 0. The average molecular weight is 1660 g/mol. The Bertz CT molecular complexity index is 8710. The Labute approximate surface area is 771 Å². The van der Waals surface area contributed by atoms with Gasteiger partial charge >= 0.3 is 0 Å². The Morgan fingerprint density at radius 2 is 0.364 bits per heavy atom. The summed E-state index contributed by atoms with van der Waals surface area (Å²) in [6, 6.07) is 126. The third-order valence-corrected chi connectivity index (χ3v) is 25.1. The molecule has 0 aliphatic carbocycles. The van der Waals surface area contributed by atoms with Gasteiger partial charge in [-0.3, -0.25) is 0 Å². The molecule has 0 nitrogen and oxygen atoms in total. The highest BCUT2D eigenvalue weighted by Gasteiger charge is 2.26. The second-order valence-electron chi connectivity index (χ2n) is 32.0. The first-order valence-electron chi connectivity index (χ1n) is 42.8. The highest BCUT2D eigenvalue weighted by Crippen LogP contribution is 2.51. The molecule has 20 rings (SSSR count). The SMILES string of the molecule is C#Cc1ccc(-c2c3ccccc3c(-c3ccc(-c4cccc(-c5cc(-c6cccc(C#C)c6C#C)cc(-c6cccc(C#C)c6C#C)c5)c4)c4ccccc34)c3ccccc23)cc1C#C.C#Cc1ccc(-c2c3ccccc3c(-c3ccc(-c4cccc(-c5cc(-c6cccc(C#C)c6C#C)ccc5-c5cccc(C#C)c5C#C)c4)c4ccccc34)c3ccccc23)cc1C#C. The van der Waals surface area contributed by atoms with Crippen LogP contribution in [0.5, 0.6) is 0 Å². The Balaban J connectivity index is 0.000000170. The van der Waals surface area contributed by atoms with Crippen LogP contribution in [0.25, 0.3) is 198 Å². The Hall–Kier alpha value is -19.3. The van der Waals surface area contributed by atoms with Crippen LogP contribution in [0.2, 0.25) is 0 Å². The maximum absolute atomic E-state index is 6.17. The fourth-order valence-corrected chi connectivity index (χ4v) is 19.2. The second-order valence-corrected chi connectivity index (χ2v) is 32.0. The number of hydrogen-bond donors (Lipinski definition) is 0. The Kier molecular flexibility index (Phi) is 22.0. The summed E-state index contributed by atoms with van der Waals surface area (Å²) in [6.07, 6.45) is 71.8. The van der Waals surface area contributed by atoms with E-state index in [1.807, 2.05) is 97.1 Å². The maximum atomic E-state index is 6.17. The monoisotopic (exact) mass is 1660 g/mol. The van der Waals surface area contributed by atoms with Crippen molar-refractivity contribution in [2.75, 3.05) is 0 Å². The van der Waals surface area contributed by atoms with E-state index in [9.17, 15) is 0 Å². The van der Waals surface area contributed by atoms with Gasteiger partial charge in [0.1, 0.15) is 0 Å². The molecule has 0 spiro atoms. The zero-order valence-electron chi connectivity index (χ0n) is 71.6. The lowest BCUT2D eigenvalue weighted by Gasteiger charge is -2.20. The number of hydrogen-bond acceptors (Lipinski definition) is 0. The summed E-state index contributed by atoms with van der Waals surface area (Å²) in [4.78, 5) is 0.